The van der Waals surface area contributed by atoms with Crippen LogP contribution in [0.5, 0.6) is 0 Å². The highest BCUT2D eigenvalue weighted by atomic mass is 19.1. The summed E-state index contributed by atoms with van der Waals surface area (Å²) < 4.78 is 15.1. The lowest BCUT2D eigenvalue weighted by Gasteiger charge is -2.31. The Morgan fingerprint density at radius 2 is 1.58 bits per heavy atom. The Labute approximate surface area is 223 Å². The molecule has 0 N–H and O–H groups in total. The van der Waals surface area contributed by atoms with E-state index in [1.165, 1.54) is 12.1 Å². The van der Waals surface area contributed by atoms with E-state index >= 15 is 0 Å². The minimum absolute atomic E-state index is 0.00516. The quantitative estimate of drug-likeness (QED) is 0.289. The molecule has 1 saturated heterocycles. The standard InChI is InChI=1S/C31H34FN3O3/c32-26-10-8-24(9-11-26)30(37)25-12-18-33(19-13-25)16-4-5-17-34-20-14-27-28(36)15-21-35(31(38)29(27)34)22-23-6-2-1-3-7-23/h1-3,6-11,14,20,25H,4-5,12-13,15-19,21-22H2. The smallest absolute Gasteiger partial charge is 0.271 e. The van der Waals surface area contributed by atoms with Crippen molar-refractivity contribution in [2.24, 2.45) is 5.92 Å². The lowest BCUT2D eigenvalue weighted by molar-refractivity contribution is 0.0734. The van der Waals surface area contributed by atoms with E-state index in [0.717, 1.165) is 50.9 Å². The third-order valence-corrected chi connectivity index (χ3v) is 7.79. The molecular weight excluding hydrogens is 481 g/mol. The molecule has 2 aromatic carbocycles. The Kier molecular flexibility index (Phi) is 8.13. The summed E-state index contributed by atoms with van der Waals surface area (Å²) in [5.74, 6) is -0.269. The maximum atomic E-state index is 13.5. The van der Waals surface area contributed by atoms with Gasteiger partial charge in [0, 0.05) is 49.3 Å². The van der Waals surface area contributed by atoms with Crippen LogP contribution in [0.1, 0.15) is 68.9 Å². The summed E-state index contributed by atoms with van der Waals surface area (Å²) in [6.07, 6.45) is 5.72. The molecule has 198 valence electrons. The van der Waals surface area contributed by atoms with Gasteiger partial charge in [-0.05, 0) is 81.2 Å². The van der Waals surface area contributed by atoms with Crippen molar-refractivity contribution in [2.45, 2.75) is 45.2 Å². The number of halogens is 1. The number of Topliss-reactive ketones (excluding diaryl/α,β-unsaturated/α-hetero) is 2. The second kappa shape index (κ2) is 11.9. The zero-order chi connectivity index (χ0) is 26.5. The topological polar surface area (TPSA) is 62.6 Å². The van der Waals surface area contributed by atoms with Gasteiger partial charge in [-0.2, -0.15) is 0 Å². The van der Waals surface area contributed by atoms with E-state index in [9.17, 15) is 18.8 Å². The number of ketones is 2. The van der Waals surface area contributed by atoms with Gasteiger partial charge in [0.1, 0.15) is 11.5 Å². The number of hydrogen-bond donors (Lipinski definition) is 0. The number of benzene rings is 2. The van der Waals surface area contributed by atoms with Gasteiger partial charge in [-0.3, -0.25) is 14.4 Å². The van der Waals surface area contributed by atoms with Crippen LogP contribution in [-0.2, 0) is 13.1 Å². The molecule has 5 rings (SSSR count). The molecule has 3 aromatic rings. The first-order valence-corrected chi connectivity index (χ1v) is 13.6. The fourth-order valence-electron chi connectivity index (χ4n) is 5.59. The fourth-order valence-corrected chi connectivity index (χ4v) is 5.59. The van der Waals surface area contributed by atoms with Crippen molar-refractivity contribution in [3.05, 3.63) is 95.1 Å². The molecule has 2 aliphatic heterocycles. The first-order chi connectivity index (χ1) is 18.5. The number of carbonyl (C=O) groups is 3. The average molecular weight is 516 g/mol. The van der Waals surface area contributed by atoms with Crippen molar-refractivity contribution in [1.29, 1.82) is 0 Å². The minimum atomic E-state index is -0.326. The predicted molar refractivity (Wildman–Crippen MR) is 144 cm³/mol. The lowest BCUT2D eigenvalue weighted by atomic mass is 9.89. The van der Waals surface area contributed by atoms with E-state index in [1.54, 1.807) is 23.1 Å². The second-order valence-corrected chi connectivity index (χ2v) is 10.4. The Balaban J connectivity index is 1.12. The second-order valence-electron chi connectivity index (χ2n) is 10.4. The molecule has 0 radical (unpaired) electrons. The summed E-state index contributed by atoms with van der Waals surface area (Å²) in [5.41, 5.74) is 2.70. The van der Waals surface area contributed by atoms with Crippen molar-refractivity contribution in [2.75, 3.05) is 26.2 Å². The number of carbonyl (C=O) groups excluding carboxylic acids is 3. The van der Waals surface area contributed by atoms with Gasteiger partial charge in [0.2, 0.25) is 0 Å². The van der Waals surface area contributed by atoms with Crippen LogP contribution < -0.4 is 0 Å². The number of fused-ring (bicyclic) bond motifs is 1. The molecule has 38 heavy (non-hydrogen) atoms. The number of hydrogen-bond acceptors (Lipinski definition) is 4. The highest BCUT2D eigenvalue weighted by Gasteiger charge is 2.30. The van der Waals surface area contributed by atoms with Gasteiger partial charge in [-0.1, -0.05) is 30.3 Å². The van der Waals surface area contributed by atoms with Crippen molar-refractivity contribution in [1.82, 2.24) is 14.4 Å². The molecule has 0 atom stereocenters. The van der Waals surface area contributed by atoms with Gasteiger partial charge in [-0.15, -0.1) is 0 Å². The van der Waals surface area contributed by atoms with Crippen LogP contribution in [0, 0.1) is 11.7 Å². The minimum Gasteiger partial charge on any atom is -0.343 e. The first-order valence-electron chi connectivity index (χ1n) is 13.6. The summed E-state index contributed by atoms with van der Waals surface area (Å²) in [5, 5.41) is 0. The highest BCUT2D eigenvalue weighted by molar-refractivity contribution is 6.09. The molecule has 3 heterocycles. The Hall–Kier alpha value is -3.58. The van der Waals surface area contributed by atoms with Gasteiger partial charge in [0.25, 0.3) is 5.91 Å². The number of amides is 1. The van der Waals surface area contributed by atoms with Gasteiger partial charge < -0.3 is 14.4 Å². The number of nitrogens with zero attached hydrogens (tertiary/aromatic N) is 3. The number of likely N-dealkylation sites (tertiary alicyclic amines) is 1. The van der Waals surface area contributed by atoms with E-state index in [0.29, 0.717) is 42.9 Å². The molecule has 0 bridgehead atoms. The lowest BCUT2D eigenvalue weighted by Crippen LogP contribution is -2.37. The number of aryl methyl sites for hydroxylation is 1. The number of rotatable bonds is 9. The summed E-state index contributed by atoms with van der Waals surface area (Å²) in [7, 11) is 0. The molecule has 0 spiro atoms. The van der Waals surface area contributed by atoms with Crippen molar-refractivity contribution in [3.63, 3.8) is 0 Å². The van der Waals surface area contributed by atoms with E-state index in [1.807, 2.05) is 41.1 Å². The van der Waals surface area contributed by atoms with Gasteiger partial charge >= 0.3 is 0 Å². The van der Waals surface area contributed by atoms with Crippen molar-refractivity contribution >= 4 is 17.5 Å². The summed E-state index contributed by atoms with van der Waals surface area (Å²) in [4.78, 5) is 43.1. The van der Waals surface area contributed by atoms with Gasteiger partial charge in [-0.25, -0.2) is 4.39 Å². The van der Waals surface area contributed by atoms with Crippen LogP contribution >= 0.6 is 0 Å². The van der Waals surface area contributed by atoms with Gasteiger partial charge in [0.15, 0.2) is 11.6 Å². The maximum Gasteiger partial charge on any atom is 0.271 e. The molecule has 0 unspecified atom stereocenters. The van der Waals surface area contributed by atoms with Crippen LogP contribution in [0.3, 0.4) is 0 Å². The Morgan fingerprint density at radius 1 is 0.868 bits per heavy atom. The van der Waals surface area contributed by atoms with E-state index in [4.69, 9.17) is 0 Å². The van der Waals surface area contributed by atoms with E-state index in [2.05, 4.69) is 4.90 Å². The predicted octanol–water partition coefficient (Wildman–Crippen LogP) is 5.23. The zero-order valence-electron chi connectivity index (χ0n) is 21.7. The van der Waals surface area contributed by atoms with Gasteiger partial charge in [0.05, 0.1) is 0 Å². The van der Waals surface area contributed by atoms with Crippen LogP contribution in [0.25, 0.3) is 0 Å². The fraction of sp³-hybridized carbons (Fsp3) is 0.387. The van der Waals surface area contributed by atoms with Crippen LogP contribution in [0.15, 0.2) is 66.9 Å². The van der Waals surface area contributed by atoms with Crippen molar-refractivity contribution in [3.8, 4) is 0 Å². The van der Waals surface area contributed by atoms with Crippen molar-refractivity contribution < 1.29 is 18.8 Å². The molecular formula is C31H34FN3O3. The Morgan fingerprint density at radius 3 is 2.32 bits per heavy atom. The zero-order valence-corrected chi connectivity index (χ0v) is 21.7. The van der Waals surface area contributed by atoms with E-state index < -0.39 is 0 Å². The van der Waals surface area contributed by atoms with E-state index in [-0.39, 0.29) is 29.2 Å². The van der Waals surface area contributed by atoms with Crippen LogP contribution in [0.4, 0.5) is 4.39 Å². The first kappa shape index (κ1) is 26.0. The van der Waals surface area contributed by atoms with Crippen LogP contribution in [0.2, 0.25) is 0 Å². The average Bonchev–Trinajstić information content (AvgIpc) is 3.33. The molecule has 7 heteroatoms. The largest absolute Gasteiger partial charge is 0.343 e. The summed E-state index contributed by atoms with van der Waals surface area (Å²) >= 11 is 0. The molecule has 0 aliphatic carbocycles. The molecule has 2 aliphatic rings. The third kappa shape index (κ3) is 5.94. The Bertz CT molecular complexity index is 1280. The van der Waals surface area contributed by atoms with Crippen LogP contribution in [-0.4, -0.2) is 58.0 Å². The highest BCUT2D eigenvalue weighted by Crippen LogP contribution is 2.24. The third-order valence-electron chi connectivity index (χ3n) is 7.79. The number of piperidine rings is 1. The molecule has 1 fully saturated rings. The monoisotopic (exact) mass is 515 g/mol. The maximum absolute atomic E-state index is 13.5. The summed E-state index contributed by atoms with van der Waals surface area (Å²) in [6.45, 7) is 4.30. The molecule has 1 amide bonds. The molecule has 6 nitrogen and oxygen atoms in total. The molecule has 0 saturated carbocycles. The molecule has 1 aromatic heterocycles. The normalized spacial score (nSPS) is 16.9. The summed E-state index contributed by atoms with van der Waals surface area (Å²) in [6, 6.07) is 17.5. The SMILES string of the molecule is O=C1CCN(Cc2ccccc2)C(=O)c2c1ccn2CCCCN1CCC(C(=O)c2ccc(F)cc2)CC1. The number of unbranched alkanes of at least 4 members (excludes halogenated alkanes) is 1. The number of aromatic nitrogens is 1.